The molecule has 3 nitrogen and oxygen atoms in total. The maximum atomic E-state index is 12.5. The van der Waals surface area contributed by atoms with Crippen LogP contribution in [-0.2, 0) is 0 Å². The van der Waals surface area contributed by atoms with Crippen molar-refractivity contribution in [2.75, 3.05) is 26.2 Å². The molecule has 0 aliphatic carbocycles. The Bertz CT molecular complexity index is 516. The number of ketones is 1. The van der Waals surface area contributed by atoms with Crippen LogP contribution in [0.2, 0.25) is 0 Å². The lowest BCUT2D eigenvalue weighted by atomic mass is 9.97. The van der Waals surface area contributed by atoms with Crippen molar-refractivity contribution in [3.63, 3.8) is 0 Å². The summed E-state index contributed by atoms with van der Waals surface area (Å²) in [5, 5.41) is 0. The summed E-state index contributed by atoms with van der Waals surface area (Å²) in [5.74, 6) is 1.98. The minimum atomic E-state index is 0.252. The Balaban J connectivity index is 1.96. The number of piperidine rings is 1. The number of Topliss-reactive ketones (excluding diaryl/α,β-unsaturated/α-hetero) is 1. The first-order chi connectivity index (χ1) is 10.5. The summed E-state index contributed by atoms with van der Waals surface area (Å²) < 4.78 is 5.60. The zero-order chi connectivity index (χ0) is 16.1. The number of hydrogen-bond donors (Lipinski definition) is 0. The average molecular weight is 303 g/mol. The van der Waals surface area contributed by atoms with Crippen LogP contribution in [0.15, 0.2) is 12.1 Å². The lowest BCUT2D eigenvalue weighted by Gasteiger charge is -2.29. The smallest absolute Gasteiger partial charge is 0.164 e. The molecule has 1 fully saturated rings. The molecule has 1 aliphatic rings. The largest absolute Gasteiger partial charge is 0.494 e. The lowest BCUT2D eigenvalue weighted by Crippen LogP contribution is -2.34. The molecular weight excluding hydrogens is 274 g/mol. The number of nitrogens with zero attached hydrogens (tertiary/aromatic N) is 1. The Kier molecular flexibility index (Phi) is 6.01. The summed E-state index contributed by atoms with van der Waals surface area (Å²) in [6.45, 7) is 12.1. The second-order valence-electron chi connectivity index (χ2n) is 6.56. The van der Waals surface area contributed by atoms with E-state index in [-0.39, 0.29) is 5.78 Å². The molecule has 2 rings (SSSR count). The first-order valence-electron chi connectivity index (χ1n) is 8.50. The van der Waals surface area contributed by atoms with E-state index < -0.39 is 0 Å². The Morgan fingerprint density at radius 3 is 2.55 bits per heavy atom. The third kappa shape index (κ3) is 4.33. The standard InChI is InChI=1S/C19H29NO2/c1-5-22-19-13-15(3)17(12-16(19)4)18(21)8-11-20-9-6-14(2)7-10-20/h12-14H,5-11H2,1-4H3. The molecule has 1 heterocycles. The molecule has 0 unspecified atom stereocenters. The molecule has 22 heavy (non-hydrogen) atoms. The summed E-state index contributed by atoms with van der Waals surface area (Å²) in [6.07, 6.45) is 3.13. The van der Waals surface area contributed by atoms with Gasteiger partial charge in [-0.25, -0.2) is 0 Å². The van der Waals surface area contributed by atoms with Crippen molar-refractivity contribution in [2.24, 2.45) is 5.92 Å². The van der Waals surface area contributed by atoms with Gasteiger partial charge in [-0.1, -0.05) is 6.92 Å². The van der Waals surface area contributed by atoms with Crippen molar-refractivity contribution >= 4 is 5.78 Å². The molecule has 0 atom stereocenters. The van der Waals surface area contributed by atoms with Crippen LogP contribution in [0.5, 0.6) is 5.75 Å². The average Bonchev–Trinajstić information content (AvgIpc) is 2.50. The molecule has 122 valence electrons. The monoisotopic (exact) mass is 303 g/mol. The van der Waals surface area contributed by atoms with Gasteiger partial charge in [0.15, 0.2) is 5.78 Å². The first kappa shape index (κ1) is 17.0. The molecule has 0 spiro atoms. The van der Waals surface area contributed by atoms with Gasteiger partial charge in [-0.05, 0) is 75.9 Å². The Labute approximate surface area is 134 Å². The predicted octanol–water partition coefficient (Wildman–Crippen LogP) is 4.01. The normalized spacial score (nSPS) is 16.7. The summed E-state index contributed by atoms with van der Waals surface area (Å²) in [4.78, 5) is 15.0. The van der Waals surface area contributed by atoms with Gasteiger partial charge >= 0.3 is 0 Å². The van der Waals surface area contributed by atoms with E-state index in [4.69, 9.17) is 4.74 Å². The number of likely N-dealkylation sites (tertiary alicyclic amines) is 1. The highest BCUT2D eigenvalue weighted by molar-refractivity contribution is 5.98. The van der Waals surface area contributed by atoms with Gasteiger partial charge in [0.1, 0.15) is 5.75 Å². The molecule has 0 amide bonds. The van der Waals surface area contributed by atoms with Crippen molar-refractivity contribution in [3.8, 4) is 5.75 Å². The van der Waals surface area contributed by atoms with Crippen LogP contribution >= 0.6 is 0 Å². The fourth-order valence-electron chi connectivity index (χ4n) is 3.08. The van der Waals surface area contributed by atoms with Gasteiger partial charge in [-0.2, -0.15) is 0 Å². The number of ether oxygens (including phenoxy) is 1. The fraction of sp³-hybridized carbons (Fsp3) is 0.632. The van der Waals surface area contributed by atoms with Gasteiger partial charge in [0.25, 0.3) is 0 Å². The molecule has 0 saturated carbocycles. The molecule has 0 bridgehead atoms. The number of carbonyl (C=O) groups excluding carboxylic acids is 1. The van der Waals surface area contributed by atoms with E-state index in [0.29, 0.717) is 13.0 Å². The fourth-order valence-corrected chi connectivity index (χ4v) is 3.08. The number of carbonyl (C=O) groups is 1. The maximum Gasteiger partial charge on any atom is 0.164 e. The first-order valence-corrected chi connectivity index (χ1v) is 8.50. The Morgan fingerprint density at radius 1 is 1.23 bits per heavy atom. The van der Waals surface area contributed by atoms with Crippen LogP contribution in [-0.4, -0.2) is 36.9 Å². The maximum absolute atomic E-state index is 12.5. The summed E-state index contributed by atoms with van der Waals surface area (Å²) >= 11 is 0. The third-order valence-corrected chi connectivity index (χ3v) is 4.65. The minimum absolute atomic E-state index is 0.252. The Morgan fingerprint density at radius 2 is 1.91 bits per heavy atom. The molecule has 1 saturated heterocycles. The van der Waals surface area contributed by atoms with E-state index in [1.165, 1.54) is 12.8 Å². The van der Waals surface area contributed by atoms with E-state index in [0.717, 1.165) is 48.0 Å². The van der Waals surface area contributed by atoms with Gasteiger partial charge in [-0.3, -0.25) is 4.79 Å². The van der Waals surface area contributed by atoms with Crippen molar-refractivity contribution in [2.45, 2.75) is 47.0 Å². The number of benzene rings is 1. The highest BCUT2D eigenvalue weighted by Crippen LogP contribution is 2.24. The summed E-state index contributed by atoms with van der Waals surface area (Å²) in [7, 11) is 0. The van der Waals surface area contributed by atoms with Gasteiger partial charge in [-0.15, -0.1) is 0 Å². The molecule has 0 N–H and O–H groups in total. The van der Waals surface area contributed by atoms with Crippen LogP contribution in [0.3, 0.4) is 0 Å². The zero-order valence-electron chi connectivity index (χ0n) is 14.4. The van der Waals surface area contributed by atoms with Crippen LogP contribution in [0.4, 0.5) is 0 Å². The second kappa shape index (κ2) is 7.77. The van der Waals surface area contributed by atoms with Crippen LogP contribution in [0, 0.1) is 19.8 Å². The van der Waals surface area contributed by atoms with Crippen molar-refractivity contribution in [1.82, 2.24) is 4.90 Å². The van der Waals surface area contributed by atoms with E-state index in [9.17, 15) is 4.79 Å². The SMILES string of the molecule is CCOc1cc(C)c(C(=O)CCN2CCC(C)CC2)cc1C. The number of hydrogen-bond acceptors (Lipinski definition) is 3. The van der Waals surface area contributed by atoms with E-state index >= 15 is 0 Å². The topological polar surface area (TPSA) is 29.5 Å². The minimum Gasteiger partial charge on any atom is -0.494 e. The van der Waals surface area contributed by atoms with E-state index in [2.05, 4.69) is 11.8 Å². The molecule has 1 aliphatic heterocycles. The van der Waals surface area contributed by atoms with Crippen molar-refractivity contribution < 1.29 is 9.53 Å². The van der Waals surface area contributed by atoms with Gasteiger partial charge in [0, 0.05) is 18.5 Å². The van der Waals surface area contributed by atoms with Crippen molar-refractivity contribution in [3.05, 3.63) is 28.8 Å². The third-order valence-electron chi connectivity index (χ3n) is 4.65. The quantitative estimate of drug-likeness (QED) is 0.744. The number of rotatable bonds is 6. The van der Waals surface area contributed by atoms with Crippen molar-refractivity contribution in [1.29, 1.82) is 0 Å². The van der Waals surface area contributed by atoms with Gasteiger partial charge < -0.3 is 9.64 Å². The van der Waals surface area contributed by atoms with Gasteiger partial charge in [0.05, 0.1) is 6.61 Å². The highest BCUT2D eigenvalue weighted by atomic mass is 16.5. The van der Waals surface area contributed by atoms with E-state index in [1.807, 2.05) is 32.9 Å². The summed E-state index contributed by atoms with van der Waals surface area (Å²) in [5.41, 5.74) is 2.92. The van der Waals surface area contributed by atoms with Crippen LogP contribution < -0.4 is 4.74 Å². The molecule has 1 aromatic carbocycles. The van der Waals surface area contributed by atoms with Crippen LogP contribution in [0.25, 0.3) is 0 Å². The lowest BCUT2D eigenvalue weighted by molar-refractivity contribution is 0.0952. The molecule has 0 radical (unpaired) electrons. The molecule has 3 heteroatoms. The molecule has 1 aromatic rings. The summed E-state index contributed by atoms with van der Waals surface area (Å²) in [6, 6.07) is 3.98. The van der Waals surface area contributed by atoms with E-state index in [1.54, 1.807) is 0 Å². The highest BCUT2D eigenvalue weighted by Gasteiger charge is 2.18. The van der Waals surface area contributed by atoms with Gasteiger partial charge in [0.2, 0.25) is 0 Å². The second-order valence-corrected chi connectivity index (χ2v) is 6.56. The van der Waals surface area contributed by atoms with Crippen LogP contribution in [0.1, 0.15) is 54.6 Å². The zero-order valence-corrected chi connectivity index (χ0v) is 14.4. The predicted molar refractivity (Wildman–Crippen MR) is 90.9 cm³/mol. The Hall–Kier alpha value is -1.35. The molecular formula is C19H29NO2. The number of aryl methyl sites for hydroxylation is 2. The molecule has 0 aromatic heterocycles.